The van der Waals surface area contributed by atoms with E-state index in [2.05, 4.69) is 19.2 Å². The Morgan fingerprint density at radius 1 is 1.15 bits per heavy atom. The minimum absolute atomic E-state index is 0.128. The van der Waals surface area contributed by atoms with Crippen molar-refractivity contribution in [2.24, 2.45) is 0 Å². The fraction of sp³-hybridized carbons (Fsp3) is 0.238. The fourth-order valence-electron chi connectivity index (χ4n) is 2.73. The smallest absolute Gasteiger partial charge is 0.336 e. The first-order valence-corrected chi connectivity index (χ1v) is 8.62. The molecular weight excluding hydrogens is 330 g/mol. The summed E-state index contributed by atoms with van der Waals surface area (Å²) < 4.78 is 10.7. The highest BCUT2D eigenvalue weighted by atomic mass is 16.5. The predicted molar refractivity (Wildman–Crippen MR) is 102 cm³/mol. The monoisotopic (exact) mass is 351 g/mol. The van der Waals surface area contributed by atoms with Gasteiger partial charge in [0, 0.05) is 23.2 Å². The predicted octanol–water partition coefficient (Wildman–Crippen LogP) is 4.32. The first-order valence-electron chi connectivity index (χ1n) is 8.62. The van der Waals surface area contributed by atoms with Crippen molar-refractivity contribution in [3.8, 4) is 5.75 Å². The van der Waals surface area contributed by atoms with Crippen LogP contribution < -0.4 is 15.7 Å². The zero-order valence-corrected chi connectivity index (χ0v) is 14.8. The highest BCUT2D eigenvalue weighted by molar-refractivity contribution is 5.92. The molecular formula is C21H21NO4. The molecule has 0 bridgehead atoms. The molecule has 1 heterocycles. The van der Waals surface area contributed by atoms with Crippen molar-refractivity contribution in [1.29, 1.82) is 0 Å². The van der Waals surface area contributed by atoms with Crippen LogP contribution in [0.3, 0.4) is 0 Å². The van der Waals surface area contributed by atoms with Gasteiger partial charge >= 0.3 is 5.63 Å². The van der Waals surface area contributed by atoms with Gasteiger partial charge in [-0.15, -0.1) is 0 Å². The van der Waals surface area contributed by atoms with E-state index in [0.717, 1.165) is 23.1 Å². The van der Waals surface area contributed by atoms with Crippen molar-refractivity contribution in [2.45, 2.75) is 26.2 Å². The fourth-order valence-corrected chi connectivity index (χ4v) is 2.73. The number of benzene rings is 2. The third-order valence-electron chi connectivity index (χ3n) is 4.34. The molecule has 0 saturated carbocycles. The number of para-hydroxylation sites is 1. The molecule has 0 fully saturated rings. The summed E-state index contributed by atoms with van der Waals surface area (Å²) in [5, 5.41) is 3.70. The first-order chi connectivity index (χ1) is 12.6. The molecule has 0 unspecified atom stereocenters. The third-order valence-corrected chi connectivity index (χ3v) is 4.34. The molecule has 1 aromatic heterocycles. The van der Waals surface area contributed by atoms with Crippen molar-refractivity contribution >= 4 is 22.6 Å². The van der Waals surface area contributed by atoms with Gasteiger partial charge in [0.05, 0.1) is 0 Å². The van der Waals surface area contributed by atoms with Crippen LogP contribution in [0.25, 0.3) is 11.0 Å². The van der Waals surface area contributed by atoms with Gasteiger partial charge in [-0.25, -0.2) is 4.79 Å². The van der Waals surface area contributed by atoms with Gasteiger partial charge in [0.1, 0.15) is 11.3 Å². The lowest BCUT2D eigenvalue weighted by Crippen LogP contribution is -2.21. The number of ether oxygens (including phenoxy) is 1. The second kappa shape index (κ2) is 7.87. The molecule has 1 atom stereocenters. The van der Waals surface area contributed by atoms with E-state index < -0.39 is 5.63 Å². The molecule has 3 rings (SSSR count). The number of hydrogen-bond acceptors (Lipinski definition) is 4. The van der Waals surface area contributed by atoms with Crippen molar-refractivity contribution in [3.05, 3.63) is 70.6 Å². The second-order valence-electron chi connectivity index (χ2n) is 6.19. The van der Waals surface area contributed by atoms with Crippen molar-refractivity contribution < 1.29 is 13.9 Å². The summed E-state index contributed by atoms with van der Waals surface area (Å²) in [4.78, 5) is 23.6. The Balaban J connectivity index is 1.67. The third kappa shape index (κ3) is 4.11. The molecule has 0 aliphatic carbocycles. The molecule has 26 heavy (non-hydrogen) atoms. The van der Waals surface area contributed by atoms with Gasteiger partial charge in [0.2, 0.25) is 0 Å². The number of hydrogen-bond donors (Lipinski definition) is 1. The summed E-state index contributed by atoms with van der Waals surface area (Å²) in [5.74, 6) is 0.586. The molecule has 0 radical (unpaired) electrons. The zero-order valence-electron chi connectivity index (χ0n) is 14.8. The first kappa shape index (κ1) is 17.7. The van der Waals surface area contributed by atoms with Crippen LogP contribution >= 0.6 is 0 Å². The molecule has 0 aliphatic heterocycles. The van der Waals surface area contributed by atoms with E-state index in [-0.39, 0.29) is 12.5 Å². The Bertz CT molecular complexity index is 977. The van der Waals surface area contributed by atoms with Crippen LogP contribution in [0.1, 0.15) is 31.7 Å². The number of nitrogens with one attached hydrogen (secondary N) is 1. The Morgan fingerprint density at radius 2 is 1.92 bits per heavy atom. The van der Waals surface area contributed by atoms with Crippen LogP contribution in [0.5, 0.6) is 5.75 Å². The average molecular weight is 351 g/mol. The molecule has 5 heteroatoms. The van der Waals surface area contributed by atoms with Crippen LogP contribution in [-0.4, -0.2) is 12.5 Å². The number of fused-ring (bicyclic) bond motifs is 1. The van der Waals surface area contributed by atoms with E-state index in [1.807, 2.05) is 24.3 Å². The van der Waals surface area contributed by atoms with Crippen molar-refractivity contribution in [1.82, 2.24) is 0 Å². The summed E-state index contributed by atoms with van der Waals surface area (Å²) in [6.07, 6.45) is 0.992. The molecule has 134 valence electrons. The topological polar surface area (TPSA) is 68.5 Å². The Labute approximate surface area is 151 Å². The van der Waals surface area contributed by atoms with E-state index in [4.69, 9.17) is 9.15 Å². The standard InChI is InChI=1S/C21H21NO4/c1-3-14(2)17-6-4-5-7-18(17)22-20(23)13-25-16-10-8-15-9-11-21(24)26-19(15)12-16/h4-12,14H,3,13H2,1-2H3,(H,22,23)/t14-/m0/s1. The summed E-state index contributed by atoms with van der Waals surface area (Å²) >= 11 is 0. The minimum Gasteiger partial charge on any atom is -0.484 e. The Morgan fingerprint density at radius 3 is 2.73 bits per heavy atom. The summed E-state index contributed by atoms with van der Waals surface area (Å²) in [5.41, 5.74) is 1.92. The van der Waals surface area contributed by atoms with Crippen LogP contribution in [0, 0.1) is 0 Å². The SMILES string of the molecule is CC[C@H](C)c1ccccc1NC(=O)COc1ccc2ccc(=O)oc2c1. The number of amides is 1. The van der Waals surface area contributed by atoms with Crippen LogP contribution in [-0.2, 0) is 4.79 Å². The maximum atomic E-state index is 12.3. The number of carbonyl (C=O) groups excluding carboxylic acids is 1. The van der Waals surface area contributed by atoms with Gasteiger partial charge in [0.25, 0.3) is 5.91 Å². The molecule has 0 saturated heterocycles. The highest BCUT2D eigenvalue weighted by Gasteiger charge is 2.11. The van der Waals surface area contributed by atoms with E-state index >= 15 is 0 Å². The zero-order chi connectivity index (χ0) is 18.5. The normalized spacial score (nSPS) is 11.9. The summed E-state index contributed by atoms with van der Waals surface area (Å²) in [6, 6.07) is 16.0. The van der Waals surface area contributed by atoms with E-state index in [9.17, 15) is 9.59 Å². The lowest BCUT2D eigenvalue weighted by Gasteiger charge is -2.15. The quantitative estimate of drug-likeness (QED) is 0.671. The Kier molecular flexibility index (Phi) is 5.37. The molecule has 2 aromatic carbocycles. The Hall–Kier alpha value is -3.08. The largest absolute Gasteiger partial charge is 0.484 e. The molecule has 5 nitrogen and oxygen atoms in total. The van der Waals surface area contributed by atoms with Crippen molar-refractivity contribution in [3.63, 3.8) is 0 Å². The van der Waals surface area contributed by atoms with Gasteiger partial charge in [-0.2, -0.15) is 0 Å². The van der Waals surface area contributed by atoms with Crippen LogP contribution in [0.2, 0.25) is 0 Å². The van der Waals surface area contributed by atoms with Gasteiger partial charge < -0.3 is 14.5 Å². The van der Waals surface area contributed by atoms with Gasteiger partial charge in [0.15, 0.2) is 6.61 Å². The van der Waals surface area contributed by atoms with E-state index in [1.165, 1.54) is 6.07 Å². The van der Waals surface area contributed by atoms with Gasteiger partial charge in [-0.3, -0.25) is 4.79 Å². The number of anilines is 1. The average Bonchev–Trinajstić information content (AvgIpc) is 2.65. The maximum Gasteiger partial charge on any atom is 0.336 e. The van der Waals surface area contributed by atoms with Gasteiger partial charge in [-0.05, 0) is 42.2 Å². The lowest BCUT2D eigenvalue weighted by molar-refractivity contribution is -0.118. The van der Waals surface area contributed by atoms with Crippen molar-refractivity contribution in [2.75, 3.05) is 11.9 Å². The summed E-state index contributed by atoms with van der Waals surface area (Å²) in [7, 11) is 0. The highest BCUT2D eigenvalue weighted by Crippen LogP contribution is 2.26. The van der Waals surface area contributed by atoms with Crippen LogP contribution in [0.15, 0.2) is 63.8 Å². The molecule has 3 aromatic rings. The van der Waals surface area contributed by atoms with Crippen LogP contribution in [0.4, 0.5) is 5.69 Å². The minimum atomic E-state index is -0.422. The molecule has 1 N–H and O–H groups in total. The van der Waals surface area contributed by atoms with Gasteiger partial charge in [-0.1, -0.05) is 32.0 Å². The molecule has 1 amide bonds. The lowest BCUT2D eigenvalue weighted by atomic mass is 9.97. The molecule has 0 aliphatic rings. The summed E-state index contributed by atoms with van der Waals surface area (Å²) in [6.45, 7) is 4.12. The molecule has 0 spiro atoms. The number of rotatable bonds is 6. The second-order valence-corrected chi connectivity index (χ2v) is 6.19. The maximum absolute atomic E-state index is 12.3. The van der Waals surface area contributed by atoms with E-state index in [0.29, 0.717) is 17.3 Å². The van der Waals surface area contributed by atoms with E-state index in [1.54, 1.807) is 24.3 Å². The number of carbonyl (C=O) groups is 1.